The van der Waals surface area contributed by atoms with Gasteiger partial charge in [-0.2, -0.15) is 0 Å². The van der Waals surface area contributed by atoms with Gasteiger partial charge in [-0.15, -0.1) is 0 Å². The third-order valence-electron chi connectivity index (χ3n) is 6.09. The van der Waals surface area contributed by atoms with E-state index in [2.05, 4.69) is 182 Å². The molecule has 0 aromatic heterocycles. The van der Waals surface area contributed by atoms with E-state index in [4.69, 9.17) is 0 Å². The van der Waals surface area contributed by atoms with Gasteiger partial charge in [0.1, 0.15) is 0 Å². The van der Waals surface area contributed by atoms with E-state index in [0.717, 1.165) is 0 Å². The van der Waals surface area contributed by atoms with Crippen LogP contribution in [0, 0.1) is 0 Å². The van der Waals surface area contributed by atoms with Crippen LogP contribution in [0.15, 0.2) is 182 Å². The predicted octanol–water partition coefficient (Wildman–Crippen LogP) is 7.33. The molecule has 0 N–H and O–H groups in total. The first kappa shape index (κ1) is 36.3. The molecule has 212 valence electrons. The van der Waals surface area contributed by atoms with E-state index in [0.29, 0.717) is 0 Å². The predicted molar refractivity (Wildman–Crippen MR) is 197 cm³/mol. The van der Waals surface area contributed by atoms with Crippen LogP contribution in [0.5, 0.6) is 0 Å². The van der Waals surface area contributed by atoms with Crippen LogP contribution in [0.25, 0.3) is 0 Å². The van der Waals surface area contributed by atoms with Crippen molar-refractivity contribution in [3.8, 4) is 0 Å². The van der Waals surface area contributed by atoms with Crippen molar-refractivity contribution in [1.29, 1.82) is 0 Å². The summed E-state index contributed by atoms with van der Waals surface area (Å²) in [5.41, 5.74) is 0. The van der Waals surface area contributed by atoms with Crippen LogP contribution in [0.4, 0.5) is 4.79 Å². The Bertz CT molecular complexity index is 1290. The molecule has 6 heteroatoms. The van der Waals surface area contributed by atoms with Gasteiger partial charge in [-0.3, -0.25) is 0 Å². The summed E-state index contributed by atoms with van der Waals surface area (Å²) in [6, 6.07) is 64.7. The molecule has 0 spiro atoms. The Hall–Kier alpha value is -1.13. The van der Waals surface area contributed by atoms with Gasteiger partial charge in [0.2, 0.25) is 0 Å². The molecule has 0 heterocycles. The molecule has 43 heavy (non-hydrogen) atoms. The number of halogens is 1. The first-order valence-electron chi connectivity index (χ1n) is 13.4. The molecule has 0 saturated heterocycles. The van der Waals surface area contributed by atoms with Gasteiger partial charge in [0.25, 0.3) is 0 Å². The Morgan fingerprint density at radius 3 is 0.605 bits per heavy atom. The summed E-state index contributed by atoms with van der Waals surface area (Å²) < 4.78 is 0.137. The van der Waals surface area contributed by atoms with Crippen molar-refractivity contribution >= 4 is 124 Å². The van der Waals surface area contributed by atoms with Gasteiger partial charge in [0.15, 0.2) is 0 Å². The Morgan fingerprint density at radius 2 is 0.488 bits per heavy atom. The third kappa shape index (κ3) is 12.3. The van der Waals surface area contributed by atoms with Gasteiger partial charge in [-0.05, 0) is 47.7 Å². The van der Waals surface area contributed by atoms with Crippen LogP contribution < -0.4 is 31.8 Å². The summed E-state index contributed by atoms with van der Waals surface area (Å²) in [7, 11) is -0.892. The molecule has 0 aliphatic heterocycles. The van der Waals surface area contributed by atoms with Crippen LogP contribution in [0.2, 0.25) is 0 Å². The monoisotopic (exact) mass is 912 g/mol. The van der Waals surface area contributed by atoms with Crippen molar-refractivity contribution in [3.63, 3.8) is 0 Å². The Morgan fingerprint density at radius 1 is 0.372 bits per heavy atom. The first-order valence-corrected chi connectivity index (χ1v) is 18.3. The van der Waals surface area contributed by atoms with Gasteiger partial charge in [0, 0.05) is 0 Å². The Labute approximate surface area is 325 Å². The second-order valence-corrected chi connectivity index (χ2v) is 17.7. The maximum Gasteiger partial charge on any atom is -0.0134 e. The fourth-order valence-corrected chi connectivity index (χ4v) is 8.97. The topological polar surface area (TPSA) is 17.1 Å². The van der Waals surface area contributed by atoms with Crippen LogP contribution >= 0.6 is 38.4 Å². The maximum atomic E-state index is 9.43. The summed E-state index contributed by atoms with van der Waals surface area (Å²) in [4.78, 5) is 9.43. The average molecular weight is 912 g/mol. The van der Waals surface area contributed by atoms with Crippen LogP contribution in [-0.2, 0) is 18.9 Å². The standard InChI is InChI=1S/2C18H15P.CIO.Ir.K.H/c2*1-4-10-16(11-5-1)19(17-12-6-2-7-13-17)18-14-8-3-9-15-18;2-1-3;;;/h2*1-15H;;;;. The molecule has 0 saturated carbocycles. The molecule has 6 rings (SSSR count). The molecule has 0 fully saturated rings. The van der Waals surface area contributed by atoms with Gasteiger partial charge in [-0.25, -0.2) is 0 Å². The Kier molecular flexibility index (Phi) is 17.6. The minimum atomic E-state index is -0.446. The van der Waals surface area contributed by atoms with Crippen LogP contribution in [0.3, 0.4) is 0 Å². The summed E-state index contributed by atoms with van der Waals surface area (Å²) in [5.74, 6) is 0. The largest absolute Gasteiger partial charge is 0.0622 e. The van der Waals surface area contributed by atoms with Crippen molar-refractivity contribution in [2.45, 2.75) is 0 Å². The molecule has 0 amide bonds. The van der Waals surface area contributed by atoms with Crippen molar-refractivity contribution in [2.24, 2.45) is 0 Å². The van der Waals surface area contributed by atoms with Crippen molar-refractivity contribution in [1.82, 2.24) is 0 Å². The van der Waals surface area contributed by atoms with Crippen LogP contribution in [-0.4, -0.2) is 53.7 Å². The maximum absolute atomic E-state index is 9.43. The molecule has 0 aliphatic carbocycles. The van der Waals surface area contributed by atoms with Crippen molar-refractivity contribution < 1.29 is 23.7 Å². The molecule has 0 unspecified atom stereocenters. The van der Waals surface area contributed by atoms with Gasteiger partial charge >= 0.3 is 100.0 Å². The van der Waals surface area contributed by atoms with E-state index in [9.17, 15) is 4.79 Å². The Balaban J connectivity index is 0.000000206. The van der Waals surface area contributed by atoms with Gasteiger partial charge in [0.05, 0.1) is 0 Å². The SMILES string of the molecule is O=[C](I)[Ir].[KH].c1ccc(P(c2ccccc2)c2ccccc2)cc1.c1ccc(P(c2ccccc2)c2ccccc2)cc1. The number of hydrogen-bond acceptors (Lipinski definition) is 1. The van der Waals surface area contributed by atoms with Gasteiger partial charge < -0.3 is 0 Å². The first-order chi connectivity index (χ1) is 20.6. The fraction of sp³-hybridized carbons (Fsp3) is 0. The second kappa shape index (κ2) is 20.8. The number of hydrogen-bond donors (Lipinski definition) is 0. The summed E-state index contributed by atoms with van der Waals surface area (Å²) >= 11 is 3.22. The second-order valence-electron chi connectivity index (χ2n) is 8.89. The minimum absolute atomic E-state index is 0. The zero-order valence-corrected chi connectivity index (χ0v) is 29.2. The van der Waals surface area contributed by atoms with Crippen molar-refractivity contribution in [3.05, 3.63) is 182 Å². The van der Waals surface area contributed by atoms with E-state index >= 15 is 0 Å². The zero-order valence-electron chi connectivity index (χ0n) is 22.8. The van der Waals surface area contributed by atoms with E-state index in [-0.39, 0.29) is 53.7 Å². The minimum Gasteiger partial charge on any atom is -0.0622 e. The summed E-state index contributed by atoms with van der Waals surface area (Å²) in [6.45, 7) is 0. The van der Waals surface area contributed by atoms with Crippen LogP contribution in [0.1, 0.15) is 0 Å². The molecular formula is C37H31IIrKOP2. The number of rotatable bonds is 6. The third-order valence-corrected chi connectivity index (χ3v) is 11.0. The average Bonchev–Trinajstić information content (AvgIpc) is 3.05. The summed E-state index contributed by atoms with van der Waals surface area (Å²) in [6.07, 6.45) is 0. The molecular weight excluding hydrogens is 881 g/mol. The van der Waals surface area contributed by atoms with Gasteiger partial charge in [-0.1, -0.05) is 182 Å². The molecule has 0 bridgehead atoms. The van der Waals surface area contributed by atoms with E-state index in [1.807, 2.05) is 0 Å². The van der Waals surface area contributed by atoms with E-state index in [1.165, 1.54) is 50.7 Å². The van der Waals surface area contributed by atoms with Crippen molar-refractivity contribution in [2.75, 3.05) is 0 Å². The van der Waals surface area contributed by atoms with E-state index < -0.39 is 15.8 Å². The smallest absolute Gasteiger partial charge is 0.0134 e. The normalized spacial score (nSPS) is 9.98. The molecule has 0 aliphatic rings. The quantitative estimate of drug-likeness (QED) is 0.0742. The zero-order chi connectivity index (χ0) is 29.4. The summed E-state index contributed by atoms with van der Waals surface area (Å²) in [5, 5.41) is 8.39. The fourth-order valence-electron chi connectivity index (χ4n) is 4.36. The van der Waals surface area contributed by atoms with E-state index in [1.54, 1.807) is 22.6 Å². The number of benzene rings is 6. The number of carbonyl (C=O) groups excluding carboxylic acids is 1. The molecule has 1 nitrogen and oxygen atoms in total. The number of carbonyl (C=O) groups is 1. The molecule has 0 atom stereocenters. The molecule has 6 aromatic rings. The molecule has 6 aromatic carbocycles. The molecule has 0 radical (unpaired) electrons.